The lowest BCUT2D eigenvalue weighted by molar-refractivity contribution is -0.385. The number of nitrogens with one attached hydrogen (secondary N) is 1. The molecular formula is C11H14ClN3O4S. The van der Waals surface area contributed by atoms with Gasteiger partial charge in [0.15, 0.2) is 0 Å². The SMILES string of the molecule is CCN(C1CNC1)S(=O)(=O)c1cc([N+](=O)[O-])ccc1Cl. The molecule has 0 aliphatic carbocycles. The number of hydrogen-bond donors (Lipinski definition) is 1. The van der Waals surface area contributed by atoms with Crippen molar-refractivity contribution in [1.82, 2.24) is 9.62 Å². The maximum Gasteiger partial charge on any atom is 0.270 e. The van der Waals surface area contributed by atoms with Crippen LogP contribution in [0.5, 0.6) is 0 Å². The standard InChI is InChI=1S/C11H14ClN3O4S/c1-2-14(9-6-13-7-9)20(18,19)11-5-8(15(16)17)3-4-10(11)12/h3-5,9,13H,2,6-7H2,1H3. The number of nitrogens with zero attached hydrogens (tertiary/aromatic N) is 2. The average Bonchev–Trinajstić information content (AvgIpc) is 2.33. The summed E-state index contributed by atoms with van der Waals surface area (Å²) in [6, 6.07) is 3.29. The molecule has 20 heavy (non-hydrogen) atoms. The van der Waals surface area contributed by atoms with Crippen LogP contribution in [0.15, 0.2) is 23.1 Å². The smallest absolute Gasteiger partial charge is 0.270 e. The zero-order valence-electron chi connectivity index (χ0n) is 10.7. The molecule has 0 aromatic heterocycles. The Kier molecular flexibility index (Phi) is 4.28. The van der Waals surface area contributed by atoms with E-state index in [0.717, 1.165) is 6.07 Å². The molecule has 1 N–H and O–H groups in total. The van der Waals surface area contributed by atoms with Crippen molar-refractivity contribution in [1.29, 1.82) is 0 Å². The number of halogens is 1. The van der Waals surface area contributed by atoms with Crippen molar-refractivity contribution in [2.24, 2.45) is 0 Å². The van der Waals surface area contributed by atoms with Crippen LogP contribution in [0, 0.1) is 10.1 Å². The molecule has 110 valence electrons. The molecule has 1 saturated heterocycles. The Labute approximate surface area is 121 Å². The van der Waals surface area contributed by atoms with Crippen LogP contribution in [-0.4, -0.2) is 43.3 Å². The van der Waals surface area contributed by atoms with Gasteiger partial charge in [-0.2, -0.15) is 4.31 Å². The Morgan fingerprint density at radius 2 is 2.15 bits per heavy atom. The minimum atomic E-state index is -3.84. The average molecular weight is 320 g/mol. The summed E-state index contributed by atoms with van der Waals surface area (Å²) in [5.41, 5.74) is -0.296. The van der Waals surface area contributed by atoms with Crippen LogP contribution >= 0.6 is 11.6 Å². The summed E-state index contributed by atoms with van der Waals surface area (Å²) >= 11 is 5.91. The normalized spacial score (nSPS) is 16.1. The molecule has 2 rings (SSSR count). The van der Waals surface area contributed by atoms with Crippen LogP contribution in [0.25, 0.3) is 0 Å². The highest BCUT2D eigenvalue weighted by atomic mass is 35.5. The van der Waals surface area contributed by atoms with E-state index in [1.54, 1.807) is 6.92 Å². The lowest BCUT2D eigenvalue weighted by atomic mass is 10.2. The third-order valence-electron chi connectivity index (χ3n) is 3.19. The van der Waals surface area contributed by atoms with Gasteiger partial charge in [-0.3, -0.25) is 10.1 Å². The van der Waals surface area contributed by atoms with Gasteiger partial charge in [0.05, 0.1) is 16.0 Å². The Balaban J connectivity index is 2.47. The van der Waals surface area contributed by atoms with Crippen LogP contribution in [0.1, 0.15) is 6.92 Å². The van der Waals surface area contributed by atoms with Crippen molar-refractivity contribution in [3.05, 3.63) is 33.3 Å². The molecule has 0 spiro atoms. The molecule has 0 radical (unpaired) electrons. The Hall–Kier alpha value is -1.22. The highest BCUT2D eigenvalue weighted by Gasteiger charge is 2.35. The van der Waals surface area contributed by atoms with Gasteiger partial charge in [0.25, 0.3) is 5.69 Å². The molecule has 0 atom stereocenters. The van der Waals surface area contributed by atoms with Crippen molar-refractivity contribution < 1.29 is 13.3 Å². The fourth-order valence-electron chi connectivity index (χ4n) is 2.03. The van der Waals surface area contributed by atoms with E-state index >= 15 is 0 Å². The minimum absolute atomic E-state index is 0.0127. The first kappa shape index (κ1) is 15.2. The third kappa shape index (κ3) is 2.64. The first-order chi connectivity index (χ1) is 9.37. The Morgan fingerprint density at radius 1 is 1.50 bits per heavy atom. The number of hydrogen-bond acceptors (Lipinski definition) is 5. The fraction of sp³-hybridized carbons (Fsp3) is 0.455. The van der Waals surface area contributed by atoms with E-state index in [9.17, 15) is 18.5 Å². The first-order valence-corrected chi connectivity index (χ1v) is 7.86. The number of rotatable bonds is 5. The van der Waals surface area contributed by atoms with Crippen LogP contribution in [0.4, 0.5) is 5.69 Å². The summed E-state index contributed by atoms with van der Waals surface area (Å²) in [5.74, 6) is 0. The summed E-state index contributed by atoms with van der Waals surface area (Å²) < 4.78 is 26.5. The van der Waals surface area contributed by atoms with Gasteiger partial charge in [-0.25, -0.2) is 8.42 Å². The number of benzene rings is 1. The van der Waals surface area contributed by atoms with Crippen LogP contribution < -0.4 is 5.32 Å². The number of likely N-dealkylation sites (N-methyl/N-ethyl adjacent to an activating group) is 1. The van der Waals surface area contributed by atoms with E-state index in [1.807, 2.05) is 0 Å². The monoisotopic (exact) mass is 319 g/mol. The van der Waals surface area contributed by atoms with Crippen molar-refractivity contribution in [3.63, 3.8) is 0 Å². The second-order valence-electron chi connectivity index (χ2n) is 4.39. The molecule has 7 nitrogen and oxygen atoms in total. The summed E-state index contributed by atoms with van der Waals surface area (Å²) in [6.45, 7) is 3.15. The second-order valence-corrected chi connectivity index (χ2v) is 6.66. The van der Waals surface area contributed by atoms with Gasteiger partial charge < -0.3 is 5.32 Å². The summed E-state index contributed by atoms with van der Waals surface area (Å²) in [7, 11) is -3.84. The maximum absolute atomic E-state index is 12.6. The molecule has 1 heterocycles. The topological polar surface area (TPSA) is 92.6 Å². The summed E-state index contributed by atoms with van der Waals surface area (Å²) in [6.07, 6.45) is 0. The number of nitro benzene ring substituents is 1. The van der Waals surface area contributed by atoms with E-state index in [2.05, 4.69) is 5.32 Å². The van der Waals surface area contributed by atoms with Crippen LogP contribution in [0.2, 0.25) is 5.02 Å². The van der Waals surface area contributed by atoms with Crippen LogP contribution in [0.3, 0.4) is 0 Å². The molecule has 1 fully saturated rings. The predicted octanol–water partition coefficient (Wildman–Crippen LogP) is 1.23. The zero-order chi connectivity index (χ0) is 14.9. The van der Waals surface area contributed by atoms with Crippen molar-refractivity contribution in [2.75, 3.05) is 19.6 Å². The van der Waals surface area contributed by atoms with Gasteiger partial charge in [-0.1, -0.05) is 18.5 Å². The Morgan fingerprint density at radius 3 is 2.60 bits per heavy atom. The van der Waals surface area contributed by atoms with Crippen LogP contribution in [-0.2, 0) is 10.0 Å². The predicted molar refractivity (Wildman–Crippen MR) is 74.3 cm³/mol. The first-order valence-electron chi connectivity index (χ1n) is 6.04. The van der Waals surface area contributed by atoms with Gasteiger partial charge in [-0.15, -0.1) is 0 Å². The third-order valence-corrected chi connectivity index (χ3v) is 5.70. The molecule has 1 aliphatic heterocycles. The molecule has 0 unspecified atom stereocenters. The van der Waals surface area contributed by atoms with Gasteiger partial charge in [-0.05, 0) is 6.07 Å². The summed E-state index contributed by atoms with van der Waals surface area (Å²) in [4.78, 5) is 9.91. The molecule has 9 heteroatoms. The molecule has 1 aliphatic rings. The van der Waals surface area contributed by atoms with E-state index in [0.29, 0.717) is 13.1 Å². The number of sulfonamides is 1. The highest BCUT2D eigenvalue weighted by Crippen LogP contribution is 2.29. The van der Waals surface area contributed by atoms with Gasteiger partial charge in [0, 0.05) is 31.8 Å². The molecular weight excluding hydrogens is 306 g/mol. The van der Waals surface area contributed by atoms with E-state index in [1.165, 1.54) is 16.4 Å². The van der Waals surface area contributed by atoms with Crippen molar-refractivity contribution in [3.8, 4) is 0 Å². The largest absolute Gasteiger partial charge is 0.313 e. The zero-order valence-corrected chi connectivity index (χ0v) is 12.3. The minimum Gasteiger partial charge on any atom is -0.313 e. The quantitative estimate of drug-likeness (QED) is 0.651. The van der Waals surface area contributed by atoms with Gasteiger partial charge in [0.2, 0.25) is 10.0 Å². The molecule has 1 aromatic rings. The Bertz CT molecular complexity index is 631. The summed E-state index contributed by atoms with van der Waals surface area (Å²) in [5, 5.41) is 13.8. The lowest BCUT2D eigenvalue weighted by Crippen LogP contribution is -2.58. The molecule has 0 amide bonds. The lowest BCUT2D eigenvalue weighted by Gasteiger charge is -2.36. The molecule has 0 bridgehead atoms. The van der Waals surface area contributed by atoms with Gasteiger partial charge in [0.1, 0.15) is 4.90 Å². The molecule has 0 saturated carbocycles. The fourth-order valence-corrected chi connectivity index (χ4v) is 4.16. The van der Waals surface area contributed by atoms with E-state index in [-0.39, 0.29) is 28.2 Å². The molecule has 1 aromatic carbocycles. The van der Waals surface area contributed by atoms with E-state index < -0.39 is 14.9 Å². The number of non-ortho nitro benzene ring substituents is 1. The highest BCUT2D eigenvalue weighted by molar-refractivity contribution is 7.89. The van der Waals surface area contributed by atoms with Crippen molar-refractivity contribution >= 4 is 27.3 Å². The van der Waals surface area contributed by atoms with Gasteiger partial charge >= 0.3 is 0 Å². The number of nitro groups is 1. The van der Waals surface area contributed by atoms with Crippen molar-refractivity contribution in [2.45, 2.75) is 17.9 Å². The van der Waals surface area contributed by atoms with E-state index in [4.69, 9.17) is 11.6 Å². The second kappa shape index (κ2) is 5.65. The maximum atomic E-state index is 12.6.